The van der Waals surface area contributed by atoms with Crippen molar-refractivity contribution in [2.75, 3.05) is 6.54 Å². The first kappa shape index (κ1) is 11.0. The highest BCUT2D eigenvalue weighted by molar-refractivity contribution is 6.07. The molecule has 0 atom stereocenters. The zero-order chi connectivity index (χ0) is 11.8. The Balaban J connectivity index is 2.28. The van der Waals surface area contributed by atoms with Gasteiger partial charge in [0, 0.05) is 22.9 Å². The maximum atomic E-state index is 4.56. The third kappa shape index (κ3) is 2.18. The molecule has 16 heavy (non-hydrogen) atoms. The van der Waals surface area contributed by atoms with Crippen LogP contribution < -0.4 is 0 Å². The summed E-state index contributed by atoms with van der Waals surface area (Å²) in [6.07, 6.45) is 3.95. The van der Waals surface area contributed by atoms with E-state index >= 15 is 0 Å². The summed E-state index contributed by atoms with van der Waals surface area (Å²) in [6.45, 7) is 9.18. The highest BCUT2D eigenvalue weighted by Gasteiger charge is 2.21. The van der Waals surface area contributed by atoms with E-state index in [9.17, 15) is 0 Å². The lowest BCUT2D eigenvalue weighted by Crippen LogP contribution is -2.16. The van der Waals surface area contributed by atoms with E-state index in [2.05, 4.69) is 41.8 Å². The van der Waals surface area contributed by atoms with E-state index in [0.29, 0.717) is 0 Å². The van der Waals surface area contributed by atoms with E-state index < -0.39 is 0 Å². The van der Waals surface area contributed by atoms with Gasteiger partial charge in [-0.05, 0) is 19.1 Å². The molecule has 84 valence electrons. The normalized spacial score (nSPS) is 16.0. The summed E-state index contributed by atoms with van der Waals surface area (Å²) in [5.74, 6) is 0.808. The molecule has 0 bridgehead atoms. The summed E-state index contributed by atoms with van der Waals surface area (Å²) >= 11 is 0. The molecular weight excluding hydrogens is 198 g/mol. The second-order valence-corrected chi connectivity index (χ2v) is 5.11. The maximum Gasteiger partial charge on any atom is 0.125 e. The maximum absolute atomic E-state index is 4.56. The Morgan fingerprint density at radius 1 is 1.25 bits per heavy atom. The molecule has 2 rings (SSSR count). The Labute approximate surface area is 96.4 Å². The number of aryl methyl sites for hydroxylation is 1. The van der Waals surface area contributed by atoms with Gasteiger partial charge in [-0.25, -0.2) is 9.97 Å². The topological polar surface area (TPSA) is 38.1 Å². The van der Waals surface area contributed by atoms with Gasteiger partial charge in [-0.15, -0.1) is 0 Å². The van der Waals surface area contributed by atoms with Crippen LogP contribution >= 0.6 is 0 Å². The lowest BCUT2D eigenvalue weighted by atomic mass is 9.89. The Morgan fingerprint density at radius 3 is 2.56 bits per heavy atom. The zero-order valence-corrected chi connectivity index (χ0v) is 10.3. The standard InChI is InChI=1S/C13H17N3/c1-9-14-6-5-11(16-9)10-7-12(15-8-10)13(2,3)4/h5-7H,8H2,1-4H3. The van der Waals surface area contributed by atoms with Gasteiger partial charge in [0.25, 0.3) is 0 Å². The monoisotopic (exact) mass is 215 g/mol. The van der Waals surface area contributed by atoms with Crippen LogP contribution in [0.15, 0.2) is 23.3 Å². The number of rotatable bonds is 1. The predicted molar refractivity (Wildman–Crippen MR) is 66.5 cm³/mol. The van der Waals surface area contributed by atoms with Crippen molar-refractivity contribution in [3.8, 4) is 0 Å². The minimum Gasteiger partial charge on any atom is -0.284 e. The zero-order valence-electron chi connectivity index (χ0n) is 10.3. The fourth-order valence-electron chi connectivity index (χ4n) is 1.67. The van der Waals surface area contributed by atoms with E-state index in [1.54, 1.807) is 6.20 Å². The van der Waals surface area contributed by atoms with Crippen molar-refractivity contribution in [3.63, 3.8) is 0 Å². The van der Waals surface area contributed by atoms with E-state index in [0.717, 1.165) is 23.8 Å². The van der Waals surface area contributed by atoms with Crippen molar-refractivity contribution in [3.05, 3.63) is 29.9 Å². The van der Waals surface area contributed by atoms with Crippen LogP contribution in [-0.2, 0) is 0 Å². The number of hydrogen-bond acceptors (Lipinski definition) is 3. The minimum atomic E-state index is 0.115. The first-order valence-corrected chi connectivity index (χ1v) is 5.52. The molecule has 0 amide bonds. The molecule has 1 aliphatic heterocycles. The highest BCUT2D eigenvalue weighted by Crippen LogP contribution is 2.25. The van der Waals surface area contributed by atoms with Gasteiger partial charge in [-0.3, -0.25) is 4.99 Å². The molecule has 0 N–H and O–H groups in total. The molecule has 0 unspecified atom stereocenters. The molecule has 3 nitrogen and oxygen atoms in total. The highest BCUT2D eigenvalue weighted by atomic mass is 14.9. The molecule has 0 spiro atoms. The number of aliphatic imine (C=N–C) groups is 1. The summed E-state index contributed by atoms with van der Waals surface area (Å²) < 4.78 is 0. The summed E-state index contributed by atoms with van der Waals surface area (Å²) in [4.78, 5) is 13.1. The third-order valence-electron chi connectivity index (χ3n) is 2.60. The molecule has 0 aromatic carbocycles. The van der Waals surface area contributed by atoms with Crippen LogP contribution in [0.4, 0.5) is 0 Å². The van der Waals surface area contributed by atoms with Crippen LogP contribution in [0.25, 0.3) is 5.57 Å². The fourth-order valence-corrected chi connectivity index (χ4v) is 1.67. The van der Waals surface area contributed by atoms with Crippen LogP contribution in [0.1, 0.15) is 32.3 Å². The van der Waals surface area contributed by atoms with Crippen molar-refractivity contribution < 1.29 is 0 Å². The smallest absolute Gasteiger partial charge is 0.125 e. The van der Waals surface area contributed by atoms with Crippen molar-refractivity contribution in [1.82, 2.24) is 9.97 Å². The Morgan fingerprint density at radius 2 is 2.00 bits per heavy atom. The van der Waals surface area contributed by atoms with Crippen LogP contribution in [-0.4, -0.2) is 22.2 Å². The van der Waals surface area contributed by atoms with Gasteiger partial charge < -0.3 is 0 Å². The molecular formula is C13H17N3. The van der Waals surface area contributed by atoms with Crippen molar-refractivity contribution >= 4 is 11.3 Å². The van der Waals surface area contributed by atoms with Gasteiger partial charge >= 0.3 is 0 Å². The van der Waals surface area contributed by atoms with Gasteiger partial charge in [0.05, 0.1) is 12.2 Å². The lowest BCUT2D eigenvalue weighted by molar-refractivity contribution is 0.594. The first-order valence-electron chi connectivity index (χ1n) is 5.52. The Kier molecular flexibility index (Phi) is 2.62. The van der Waals surface area contributed by atoms with Gasteiger partial charge in [-0.1, -0.05) is 20.8 Å². The Bertz CT molecular complexity index is 464. The predicted octanol–water partition coefficient (Wildman–Crippen LogP) is 2.67. The third-order valence-corrected chi connectivity index (χ3v) is 2.60. The molecule has 0 fully saturated rings. The lowest BCUT2D eigenvalue weighted by Gasteiger charge is -2.16. The van der Waals surface area contributed by atoms with E-state index in [1.807, 2.05) is 13.0 Å². The van der Waals surface area contributed by atoms with E-state index in [4.69, 9.17) is 0 Å². The molecule has 1 aromatic heterocycles. The number of aromatic nitrogens is 2. The first-order chi connectivity index (χ1) is 7.47. The van der Waals surface area contributed by atoms with Gasteiger partial charge in [0.15, 0.2) is 0 Å². The summed E-state index contributed by atoms with van der Waals surface area (Å²) in [5.41, 5.74) is 3.45. The molecule has 1 aromatic rings. The number of allylic oxidation sites excluding steroid dienone is 1. The fraction of sp³-hybridized carbons (Fsp3) is 0.462. The van der Waals surface area contributed by atoms with Crippen molar-refractivity contribution in [2.24, 2.45) is 10.4 Å². The second kappa shape index (κ2) is 3.81. The SMILES string of the molecule is Cc1nccc(C2=CC(C(C)(C)C)=NC2)n1. The number of hydrogen-bond donors (Lipinski definition) is 0. The molecule has 0 saturated carbocycles. The molecule has 0 saturated heterocycles. The molecule has 0 radical (unpaired) electrons. The molecule has 1 aliphatic rings. The largest absolute Gasteiger partial charge is 0.284 e. The summed E-state index contributed by atoms with van der Waals surface area (Å²) in [7, 11) is 0. The quantitative estimate of drug-likeness (QED) is 0.722. The number of nitrogens with zero attached hydrogens (tertiary/aromatic N) is 3. The van der Waals surface area contributed by atoms with E-state index in [-0.39, 0.29) is 5.41 Å². The van der Waals surface area contributed by atoms with Crippen LogP contribution in [0.2, 0.25) is 0 Å². The van der Waals surface area contributed by atoms with Crippen LogP contribution in [0.5, 0.6) is 0 Å². The summed E-state index contributed by atoms with van der Waals surface area (Å²) in [5, 5.41) is 0. The van der Waals surface area contributed by atoms with Crippen LogP contribution in [0, 0.1) is 12.3 Å². The average Bonchev–Trinajstić information content (AvgIpc) is 2.65. The minimum absolute atomic E-state index is 0.115. The van der Waals surface area contributed by atoms with E-state index in [1.165, 1.54) is 5.57 Å². The second-order valence-electron chi connectivity index (χ2n) is 5.11. The van der Waals surface area contributed by atoms with Gasteiger partial charge in [0.1, 0.15) is 5.82 Å². The summed E-state index contributed by atoms with van der Waals surface area (Å²) in [6, 6.07) is 1.94. The molecule has 0 aliphatic carbocycles. The van der Waals surface area contributed by atoms with Crippen LogP contribution in [0.3, 0.4) is 0 Å². The molecule has 3 heteroatoms. The van der Waals surface area contributed by atoms with Gasteiger partial charge in [-0.2, -0.15) is 0 Å². The Hall–Kier alpha value is -1.51. The molecule has 2 heterocycles. The van der Waals surface area contributed by atoms with Crippen molar-refractivity contribution in [1.29, 1.82) is 0 Å². The average molecular weight is 215 g/mol. The van der Waals surface area contributed by atoms with Gasteiger partial charge in [0.2, 0.25) is 0 Å². The van der Waals surface area contributed by atoms with Crippen molar-refractivity contribution in [2.45, 2.75) is 27.7 Å².